The van der Waals surface area contributed by atoms with E-state index < -0.39 is 0 Å². The summed E-state index contributed by atoms with van der Waals surface area (Å²) in [7, 11) is 2.07. The van der Waals surface area contributed by atoms with Gasteiger partial charge in [0.25, 0.3) is 0 Å². The van der Waals surface area contributed by atoms with Crippen LogP contribution in [0.4, 0.5) is 5.82 Å². The summed E-state index contributed by atoms with van der Waals surface area (Å²) >= 11 is 6.26. The lowest BCUT2D eigenvalue weighted by Crippen LogP contribution is -2.35. The summed E-state index contributed by atoms with van der Waals surface area (Å²) in [6, 6.07) is 2.34. The highest BCUT2D eigenvalue weighted by atomic mass is 35.5. The van der Waals surface area contributed by atoms with Gasteiger partial charge < -0.3 is 10.0 Å². The molecule has 2 rings (SSSR count). The number of hydrogen-bond acceptors (Lipinski definition) is 3. The quantitative estimate of drug-likeness (QED) is 0.916. The van der Waals surface area contributed by atoms with E-state index in [1.807, 2.05) is 0 Å². The van der Waals surface area contributed by atoms with Crippen molar-refractivity contribution in [2.24, 2.45) is 5.92 Å². The third kappa shape index (κ3) is 3.40. The maximum atomic E-state index is 9.08. The Morgan fingerprint density at radius 1 is 1.37 bits per heavy atom. The van der Waals surface area contributed by atoms with Gasteiger partial charge in [-0.25, -0.2) is 4.98 Å². The second kappa shape index (κ2) is 6.58. The SMILES string of the molecule is CCC1CCC(N(C)c2ncc(CO)cc2Cl)CC1. The number of halogens is 1. The van der Waals surface area contributed by atoms with Crippen LogP contribution in [0.3, 0.4) is 0 Å². The van der Waals surface area contributed by atoms with Crippen molar-refractivity contribution in [1.82, 2.24) is 4.98 Å². The Morgan fingerprint density at radius 2 is 2.05 bits per heavy atom. The number of anilines is 1. The van der Waals surface area contributed by atoms with Crippen molar-refractivity contribution in [3.8, 4) is 0 Å². The van der Waals surface area contributed by atoms with Gasteiger partial charge in [-0.05, 0) is 43.2 Å². The molecule has 1 aromatic rings. The molecule has 1 aliphatic carbocycles. The van der Waals surface area contributed by atoms with Crippen LogP contribution in [0.15, 0.2) is 12.3 Å². The highest BCUT2D eigenvalue weighted by molar-refractivity contribution is 6.33. The average Bonchev–Trinajstić information content (AvgIpc) is 2.46. The predicted molar refractivity (Wildman–Crippen MR) is 79.6 cm³/mol. The van der Waals surface area contributed by atoms with Crippen LogP contribution in [0.25, 0.3) is 0 Å². The molecule has 1 saturated carbocycles. The maximum absolute atomic E-state index is 9.08. The van der Waals surface area contributed by atoms with Crippen LogP contribution >= 0.6 is 11.6 Å². The highest BCUT2D eigenvalue weighted by Crippen LogP contribution is 2.33. The first-order valence-corrected chi connectivity index (χ1v) is 7.51. The number of pyridine rings is 1. The van der Waals surface area contributed by atoms with Crippen molar-refractivity contribution >= 4 is 17.4 Å². The Kier molecular flexibility index (Phi) is 5.06. The zero-order valence-electron chi connectivity index (χ0n) is 11.8. The molecule has 1 N–H and O–H groups in total. The standard InChI is InChI=1S/C15H23ClN2O/c1-3-11-4-6-13(7-5-11)18(2)15-14(16)8-12(10-19)9-17-15/h8-9,11,13,19H,3-7,10H2,1-2H3. The average molecular weight is 283 g/mol. The van der Waals surface area contributed by atoms with Crippen LogP contribution in [-0.4, -0.2) is 23.2 Å². The number of aliphatic hydroxyl groups excluding tert-OH is 1. The molecule has 0 saturated heterocycles. The minimum atomic E-state index is -0.0156. The summed E-state index contributed by atoms with van der Waals surface area (Å²) in [5, 5.41) is 9.72. The lowest BCUT2D eigenvalue weighted by Gasteiger charge is -2.35. The third-order valence-corrected chi connectivity index (χ3v) is 4.61. The first kappa shape index (κ1) is 14.6. The summed E-state index contributed by atoms with van der Waals surface area (Å²) in [6.07, 6.45) is 8.04. The van der Waals surface area contributed by atoms with Gasteiger partial charge in [-0.2, -0.15) is 0 Å². The molecule has 19 heavy (non-hydrogen) atoms. The van der Waals surface area contributed by atoms with Gasteiger partial charge in [0.1, 0.15) is 5.82 Å². The molecule has 0 radical (unpaired) electrons. The van der Waals surface area contributed by atoms with Crippen LogP contribution < -0.4 is 4.90 Å². The number of hydrogen-bond donors (Lipinski definition) is 1. The van der Waals surface area contributed by atoms with Crippen molar-refractivity contribution in [3.63, 3.8) is 0 Å². The molecule has 1 aliphatic rings. The normalized spacial score (nSPS) is 23.4. The van der Waals surface area contributed by atoms with Gasteiger partial charge in [0.2, 0.25) is 0 Å². The molecule has 1 aromatic heterocycles. The zero-order chi connectivity index (χ0) is 13.8. The first-order chi connectivity index (χ1) is 9.15. The molecule has 106 valence electrons. The van der Waals surface area contributed by atoms with Gasteiger partial charge in [-0.3, -0.25) is 0 Å². The van der Waals surface area contributed by atoms with Crippen molar-refractivity contribution < 1.29 is 5.11 Å². The topological polar surface area (TPSA) is 36.4 Å². The van der Waals surface area contributed by atoms with Crippen LogP contribution in [0.1, 0.15) is 44.6 Å². The van der Waals surface area contributed by atoms with E-state index in [1.165, 1.54) is 32.1 Å². The molecule has 0 bridgehead atoms. The molecule has 0 aromatic carbocycles. The van der Waals surface area contributed by atoms with Crippen molar-refractivity contribution in [2.45, 2.75) is 51.7 Å². The second-order valence-electron chi connectivity index (χ2n) is 5.50. The molecule has 0 amide bonds. The predicted octanol–water partition coefficient (Wildman–Crippen LogP) is 3.63. The summed E-state index contributed by atoms with van der Waals surface area (Å²) in [4.78, 5) is 6.60. The van der Waals surface area contributed by atoms with Gasteiger partial charge in [0.15, 0.2) is 0 Å². The molecule has 1 fully saturated rings. The molecule has 3 nitrogen and oxygen atoms in total. The minimum Gasteiger partial charge on any atom is -0.392 e. The van der Waals surface area contributed by atoms with E-state index in [4.69, 9.17) is 16.7 Å². The second-order valence-corrected chi connectivity index (χ2v) is 5.91. The summed E-state index contributed by atoms with van der Waals surface area (Å²) < 4.78 is 0. The van der Waals surface area contributed by atoms with Crippen LogP contribution in [0.2, 0.25) is 5.02 Å². The van der Waals surface area contributed by atoms with E-state index in [1.54, 1.807) is 12.3 Å². The van der Waals surface area contributed by atoms with E-state index in [0.717, 1.165) is 17.3 Å². The fourth-order valence-corrected chi connectivity index (χ4v) is 3.25. The number of aromatic nitrogens is 1. The lowest BCUT2D eigenvalue weighted by molar-refractivity contribution is 0.281. The number of aliphatic hydroxyl groups is 1. The fourth-order valence-electron chi connectivity index (χ4n) is 2.93. The van der Waals surface area contributed by atoms with Gasteiger partial charge in [0.05, 0.1) is 11.6 Å². The van der Waals surface area contributed by atoms with E-state index in [0.29, 0.717) is 11.1 Å². The van der Waals surface area contributed by atoms with E-state index in [-0.39, 0.29) is 6.61 Å². The number of rotatable bonds is 4. The Bertz CT molecular complexity index is 417. The minimum absolute atomic E-state index is 0.0156. The first-order valence-electron chi connectivity index (χ1n) is 7.13. The van der Waals surface area contributed by atoms with Crippen molar-refractivity contribution in [3.05, 3.63) is 22.8 Å². The van der Waals surface area contributed by atoms with E-state index in [2.05, 4.69) is 23.9 Å². The Balaban J connectivity index is 2.05. The zero-order valence-corrected chi connectivity index (χ0v) is 12.5. The van der Waals surface area contributed by atoms with E-state index in [9.17, 15) is 0 Å². The molecule has 0 unspecified atom stereocenters. The molecule has 0 aliphatic heterocycles. The smallest absolute Gasteiger partial charge is 0.147 e. The van der Waals surface area contributed by atoms with Gasteiger partial charge >= 0.3 is 0 Å². The highest BCUT2D eigenvalue weighted by Gasteiger charge is 2.24. The Hall–Kier alpha value is -0.800. The molecular formula is C15H23ClN2O. The molecular weight excluding hydrogens is 260 g/mol. The lowest BCUT2D eigenvalue weighted by atomic mass is 9.84. The largest absolute Gasteiger partial charge is 0.392 e. The molecule has 0 spiro atoms. The molecule has 0 atom stereocenters. The van der Waals surface area contributed by atoms with Gasteiger partial charge in [-0.1, -0.05) is 24.9 Å². The Labute approximate surface area is 120 Å². The monoisotopic (exact) mass is 282 g/mol. The Morgan fingerprint density at radius 3 is 2.58 bits per heavy atom. The van der Waals surface area contributed by atoms with Gasteiger partial charge in [-0.15, -0.1) is 0 Å². The third-order valence-electron chi connectivity index (χ3n) is 4.34. The van der Waals surface area contributed by atoms with Crippen LogP contribution in [0, 0.1) is 5.92 Å². The maximum Gasteiger partial charge on any atom is 0.147 e. The van der Waals surface area contributed by atoms with E-state index >= 15 is 0 Å². The van der Waals surface area contributed by atoms with Crippen molar-refractivity contribution in [2.75, 3.05) is 11.9 Å². The van der Waals surface area contributed by atoms with Crippen LogP contribution in [-0.2, 0) is 6.61 Å². The summed E-state index contributed by atoms with van der Waals surface area (Å²) in [6.45, 7) is 2.26. The van der Waals surface area contributed by atoms with Gasteiger partial charge in [0, 0.05) is 19.3 Å². The molecule has 1 heterocycles. The van der Waals surface area contributed by atoms with Crippen molar-refractivity contribution in [1.29, 1.82) is 0 Å². The number of nitrogens with zero attached hydrogens (tertiary/aromatic N) is 2. The van der Waals surface area contributed by atoms with Crippen LogP contribution in [0.5, 0.6) is 0 Å². The molecule has 4 heteroatoms. The summed E-state index contributed by atoms with van der Waals surface area (Å²) in [5.74, 6) is 1.73. The summed E-state index contributed by atoms with van der Waals surface area (Å²) in [5.41, 5.74) is 0.761. The fraction of sp³-hybridized carbons (Fsp3) is 0.667.